The van der Waals surface area contributed by atoms with Crippen LogP contribution in [0.1, 0.15) is 24.4 Å². The van der Waals surface area contributed by atoms with Gasteiger partial charge in [-0.3, -0.25) is 0 Å². The van der Waals surface area contributed by atoms with Gasteiger partial charge in [-0.05, 0) is 32.8 Å². The van der Waals surface area contributed by atoms with Gasteiger partial charge in [0.25, 0.3) is 10.0 Å². The van der Waals surface area contributed by atoms with Crippen molar-refractivity contribution < 1.29 is 13.2 Å². The smallest absolute Gasteiger partial charge is 0.262 e. The van der Waals surface area contributed by atoms with Crippen LogP contribution < -0.4 is 4.74 Å². The largest absolute Gasteiger partial charge is 0.472 e. The van der Waals surface area contributed by atoms with Gasteiger partial charge in [-0.15, -0.1) is 5.10 Å². The molecule has 1 aliphatic heterocycles. The van der Waals surface area contributed by atoms with Gasteiger partial charge in [0, 0.05) is 25.9 Å². The van der Waals surface area contributed by atoms with Gasteiger partial charge in [0.1, 0.15) is 11.9 Å². The normalized spacial score (nSPS) is 19.4. The van der Waals surface area contributed by atoms with Gasteiger partial charge in [0.05, 0.1) is 12.2 Å². The number of hydrogen-bond acceptors (Lipinski definition) is 6. The first-order valence-electron chi connectivity index (χ1n) is 7.83. The van der Waals surface area contributed by atoms with Crippen LogP contribution >= 0.6 is 0 Å². The van der Waals surface area contributed by atoms with Gasteiger partial charge in [-0.1, -0.05) is 0 Å². The molecule has 0 radical (unpaired) electrons. The predicted molar refractivity (Wildman–Crippen MR) is 87.1 cm³/mol. The van der Waals surface area contributed by atoms with Crippen molar-refractivity contribution in [2.24, 2.45) is 7.05 Å². The summed E-state index contributed by atoms with van der Waals surface area (Å²) in [5.41, 5.74) is 0.806. The summed E-state index contributed by atoms with van der Waals surface area (Å²) < 4.78 is 34.5. The molecule has 24 heavy (non-hydrogen) atoms. The first-order chi connectivity index (χ1) is 11.4. The van der Waals surface area contributed by atoms with Gasteiger partial charge in [0.2, 0.25) is 5.88 Å². The summed E-state index contributed by atoms with van der Waals surface area (Å²) in [4.78, 5) is 4.15. The Hall–Kier alpha value is -2.00. The topological polar surface area (TPSA) is 90.2 Å². The van der Waals surface area contributed by atoms with Gasteiger partial charge >= 0.3 is 0 Å². The molecule has 3 rings (SSSR count). The summed E-state index contributed by atoms with van der Waals surface area (Å²) in [7, 11) is -1.83. The van der Waals surface area contributed by atoms with Crippen molar-refractivity contribution in [1.82, 2.24) is 24.1 Å². The highest BCUT2D eigenvalue weighted by Crippen LogP contribution is 2.22. The van der Waals surface area contributed by atoms with Crippen molar-refractivity contribution in [1.29, 1.82) is 0 Å². The monoisotopic (exact) mass is 351 g/mol. The Morgan fingerprint density at radius 3 is 2.67 bits per heavy atom. The summed E-state index contributed by atoms with van der Waals surface area (Å²) in [5.74, 6) is 1.08. The van der Waals surface area contributed by atoms with Crippen LogP contribution in [0.25, 0.3) is 0 Å². The van der Waals surface area contributed by atoms with Crippen LogP contribution in [0.2, 0.25) is 0 Å². The summed E-state index contributed by atoms with van der Waals surface area (Å²) in [6.07, 6.45) is 2.81. The molecule has 0 amide bonds. The molecular formula is C15H21N5O3S. The van der Waals surface area contributed by atoms with Crippen molar-refractivity contribution in [3.63, 3.8) is 0 Å². The number of aryl methyl sites for hydroxylation is 3. The highest BCUT2D eigenvalue weighted by molar-refractivity contribution is 7.89. The molecule has 0 aromatic carbocycles. The fraction of sp³-hybridized carbons (Fsp3) is 0.533. The molecule has 2 aromatic heterocycles. The maximum atomic E-state index is 12.8. The van der Waals surface area contributed by atoms with Gasteiger partial charge in [-0.2, -0.15) is 9.40 Å². The minimum atomic E-state index is -3.61. The minimum absolute atomic E-state index is 0.0817. The maximum Gasteiger partial charge on any atom is 0.262 e. The third-order valence-corrected chi connectivity index (χ3v) is 5.83. The molecule has 1 atom stereocenters. The predicted octanol–water partition coefficient (Wildman–Crippen LogP) is 1.06. The van der Waals surface area contributed by atoms with E-state index in [1.807, 2.05) is 13.0 Å². The molecule has 1 unspecified atom stereocenters. The first kappa shape index (κ1) is 16.8. The Kier molecular flexibility index (Phi) is 4.55. The van der Waals surface area contributed by atoms with E-state index in [2.05, 4.69) is 15.2 Å². The van der Waals surface area contributed by atoms with E-state index in [1.165, 1.54) is 4.31 Å². The molecule has 1 saturated heterocycles. The second-order valence-electron chi connectivity index (χ2n) is 6.00. The van der Waals surface area contributed by atoms with E-state index in [0.717, 1.165) is 18.5 Å². The van der Waals surface area contributed by atoms with E-state index in [-0.39, 0.29) is 17.7 Å². The highest BCUT2D eigenvalue weighted by atomic mass is 32.2. The molecule has 0 spiro atoms. The van der Waals surface area contributed by atoms with Crippen LogP contribution in [0, 0.1) is 13.8 Å². The molecule has 2 aromatic rings. The van der Waals surface area contributed by atoms with Gasteiger partial charge in [-0.25, -0.2) is 13.4 Å². The zero-order chi connectivity index (χ0) is 17.3. The second kappa shape index (κ2) is 6.48. The van der Waals surface area contributed by atoms with Gasteiger partial charge in [0.15, 0.2) is 5.03 Å². The summed E-state index contributed by atoms with van der Waals surface area (Å²) in [6.45, 7) is 4.38. The number of piperidine rings is 1. The molecule has 8 nitrogen and oxygen atoms in total. The van der Waals surface area contributed by atoms with Crippen LogP contribution in [-0.4, -0.2) is 51.7 Å². The van der Waals surface area contributed by atoms with Crippen LogP contribution in [0.3, 0.4) is 0 Å². The van der Waals surface area contributed by atoms with Crippen molar-refractivity contribution in [3.05, 3.63) is 29.8 Å². The van der Waals surface area contributed by atoms with E-state index in [4.69, 9.17) is 4.74 Å². The Labute approximate surface area is 141 Å². The van der Waals surface area contributed by atoms with E-state index in [0.29, 0.717) is 18.2 Å². The summed E-state index contributed by atoms with van der Waals surface area (Å²) >= 11 is 0. The number of nitrogens with zero attached hydrogens (tertiary/aromatic N) is 5. The molecule has 9 heteroatoms. The van der Waals surface area contributed by atoms with Crippen LogP contribution in [0.15, 0.2) is 23.4 Å². The fourth-order valence-electron chi connectivity index (χ4n) is 2.62. The number of aromatic nitrogens is 4. The van der Waals surface area contributed by atoms with Crippen molar-refractivity contribution in [2.45, 2.75) is 37.8 Å². The molecule has 1 fully saturated rings. The van der Waals surface area contributed by atoms with Crippen LogP contribution in [-0.2, 0) is 17.1 Å². The second-order valence-corrected chi connectivity index (χ2v) is 7.88. The lowest BCUT2D eigenvalue weighted by Crippen LogP contribution is -2.44. The average Bonchev–Trinajstić information content (AvgIpc) is 2.90. The number of sulfonamides is 1. The Morgan fingerprint density at radius 1 is 1.25 bits per heavy atom. The lowest BCUT2D eigenvalue weighted by Gasteiger charge is -2.31. The number of ether oxygens (including phenoxy) is 1. The van der Waals surface area contributed by atoms with E-state index in [1.54, 1.807) is 30.8 Å². The van der Waals surface area contributed by atoms with E-state index < -0.39 is 10.0 Å². The minimum Gasteiger partial charge on any atom is -0.472 e. The van der Waals surface area contributed by atoms with Crippen molar-refractivity contribution >= 4 is 10.0 Å². The van der Waals surface area contributed by atoms with Crippen LogP contribution in [0.5, 0.6) is 5.88 Å². The fourth-order valence-corrected chi connectivity index (χ4v) is 4.16. The highest BCUT2D eigenvalue weighted by Gasteiger charge is 2.33. The third kappa shape index (κ3) is 3.41. The quantitative estimate of drug-likeness (QED) is 0.818. The van der Waals surface area contributed by atoms with E-state index in [9.17, 15) is 8.42 Å². The number of hydrogen-bond donors (Lipinski definition) is 0. The summed E-state index contributed by atoms with van der Waals surface area (Å²) in [5, 5.41) is 8.01. The molecule has 0 N–H and O–H groups in total. The van der Waals surface area contributed by atoms with Crippen molar-refractivity contribution in [3.8, 4) is 5.88 Å². The average molecular weight is 351 g/mol. The Bertz CT molecular complexity index is 797. The lowest BCUT2D eigenvalue weighted by molar-refractivity contribution is 0.123. The van der Waals surface area contributed by atoms with Crippen molar-refractivity contribution in [2.75, 3.05) is 13.1 Å². The zero-order valence-corrected chi connectivity index (χ0v) is 14.8. The molecule has 0 bridgehead atoms. The number of rotatable bonds is 4. The molecule has 0 saturated carbocycles. The molecule has 1 aliphatic rings. The molecule has 0 aliphatic carbocycles. The zero-order valence-electron chi connectivity index (χ0n) is 14.0. The third-order valence-electron chi connectivity index (χ3n) is 4.09. The first-order valence-corrected chi connectivity index (χ1v) is 9.27. The number of imidazole rings is 1. The molecular weight excluding hydrogens is 330 g/mol. The lowest BCUT2D eigenvalue weighted by atomic mass is 10.1. The van der Waals surface area contributed by atoms with Gasteiger partial charge < -0.3 is 9.30 Å². The SMILES string of the molecule is Cc1ccc(OC2CCCN(S(=O)(=O)c3cn(C)c(C)n3)C2)nn1. The van der Waals surface area contributed by atoms with E-state index >= 15 is 0 Å². The Balaban J connectivity index is 1.73. The van der Waals surface area contributed by atoms with Crippen LogP contribution in [0.4, 0.5) is 0 Å². The standard InChI is InChI=1S/C15H21N5O3S/c1-11-6-7-14(18-17-11)23-13-5-4-8-20(9-13)24(21,22)15-10-19(3)12(2)16-15/h6-7,10,13H,4-5,8-9H2,1-3H3. The summed E-state index contributed by atoms with van der Waals surface area (Å²) in [6, 6.07) is 3.56. The molecule has 130 valence electrons. The Morgan fingerprint density at radius 2 is 2.04 bits per heavy atom. The molecule has 3 heterocycles. The maximum absolute atomic E-state index is 12.8.